The Balaban J connectivity index is 2.46. The van der Waals surface area contributed by atoms with Gasteiger partial charge in [-0.2, -0.15) is 0 Å². The molecule has 1 saturated heterocycles. The van der Waals surface area contributed by atoms with Gasteiger partial charge in [0.1, 0.15) is 6.04 Å². The van der Waals surface area contributed by atoms with Crippen LogP contribution in [0.15, 0.2) is 0 Å². The molecule has 0 aliphatic carbocycles. The Morgan fingerprint density at radius 2 is 2.25 bits per heavy atom. The van der Waals surface area contributed by atoms with Gasteiger partial charge in [-0.25, -0.2) is 0 Å². The number of carboxylic acid groups (broad SMARTS) is 1. The summed E-state index contributed by atoms with van der Waals surface area (Å²) in [6, 6.07) is -0.398. The first kappa shape index (κ1) is 13.4. The zero-order valence-corrected chi connectivity index (χ0v) is 9.39. The summed E-state index contributed by atoms with van der Waals surface area (Å²) in [5.74, 6) is -0.839. The van der Waals surface area contributed by atoms with E-state index in [-0.39, 0.29) is 12.0 Å². The molecule has 3 atom stereocenters. The largest absolute Gasteiger partial charge is 0.480 e. The molecular formula is C9H19BN2O4. The third kappa shape index (κ3) is 3.45. The van der Waals surface area contributed by atoms with Gasteiger partial charge in [0.05, 0.1) is 0 Å². The Bertz CT molecular complexity index is 240. The number of rotatable bonds is 6. The molecule has 0 bridgehead atoms. The first-order valence-corrected chi connectivity index (χ1v) is 5.56. The van der Waals surface area contributed by atoms with E-state index in [1.165, 1.54) is 0 Å². The summed E-state index contributed by atoms with van der Waals surface area (Å²) in [7, 11) is 0.510. The summed E-state index contributed by atoms with van der Waals surface area (Å²) in [6.07, 6.45) is 1.58. The molecule has 1 aliphatic heterocycles. The van der Waals surface area contributed by atoms with E-state index in [9.17, 15) is 4.79 Å². The van der Waals surface area contributed by atoms with Gasteiger partial charge in [0.25, 0.3) is 0 Å². The maximum absolute atomic E-state index is 11.0. The van der Waals surface area contributed by atoms with Crippen LogP contribution in [0.25, 0.3) is 0 Å². The quantitative estimate of drug-likeness (QED) is 0.356. The second-order valence-corrected chi connectivity index (χ2v) is 4.19. The monoisotopic (exact) mass is 230 g/mol. The van der Waals surface area contributed by atoms with Crippen LogP contribution in [0.5, 0.6) is 0 Å². The molecule has 5 N–H and O–H groups in total. The van der Waals surface area contributed by atoms with E-state index in [0.717, 1.165) is 0 Å². The maximum Gasteiger partial charge on any atom is 0.451 e. The maximum atomic E-state index is 11.0. The van der Waals surface area contributed by atoms with Gasteiger partial charge in [0.2, 0.25) is 0 Å². The standard InChI is InChI=1S/C9H19BN2O4/c1-11-7-5-12-8(9(13)14)6(7)3-2-4-10(15)16/h6-8,11-12,15-16H,2-5H2,1H3,(H,13,14)/t6-,7+,8+/m1/s1. The molecule has 0 aromatic heterocycles. The van der Waals surface area contributed by atoms with E-state index in [4.69, 9.17) is 15.2 Å². The van der Waals surface area contributed by atoms with Gasteiger partial charge in [0.15, 0.2) is 0 Å². The van der Waals surface area contributed by atoms with Crippen molar-refractivity contribution >= 4 is 13.1 Å². The van der Waals surface area contributed by atoms with Gasteiger partial charge in [-0.1, -0.05) is 6.42 Å². The first-order valence-electron chi connectivity index (χ1n) is 5.56. The van der Waals surface area contributed by atoms with Gasteiger partial charge >= 0.3 is 13.1 Å². The van der Waals surface area contributed by atoms with Gasteiger partial charge in [-0.05, 0) is 19.8 Å². The minimum atomic E-state index is -1.30. The van der Waals surface area contributed by atoms with Gasteiger partial charge < -0.3 is 25.8 Å². The van der Waals surface area contributed by atoms with Crippen molar-refractivity contribution in [1.82, 2.24) is 10.6 Å². The number of aliphatic carboxylic acids is 1. The molecule has 7 heteroatoms. The normalized spacial score (nSPS) is 29.3. The molecule has 1 aliphatic rings. The van der Waals surface area contributed by atoms with Crippen LogP contribution >= 0.6 is 0 Å². The highest BCUT2D eigenvalue weighted by Gasteiger charge is 2.38. The fraction of sp³-hybridized carbons (Fsp3) is 0.889. The highest BCUT2D eigenvalue weighted by atomic mass is 16.4. The summed E-state index contributed by atoms with van der Waals surface area (Å²) in [4.78, 5) is 11.0. The lowest BCUT2D eigenvalue weighted by Crippen LogP contribution is -2.38. The Kier molecular flexibility index (Phi) is 5.20. The summed E-state index contributed by atoms with van der Waals surface area (Å²) < 4.78 is 0. The van der Waals surface area contributed by atoms with Gasteiger partial charge in [0, 0.05) is 18.5 Å². The minimum Gasteiger partial charge on any atom is -0.480 e. The average molecular weight is 230 g/mol. The third-order valence-corrected chi connectivity index (χ3v) is 3.14. The smallest absolute Gasteiger partial charge is 0.451 e. The predicted molar refractivity (Wildman–Crippen MR) is 60.0 cm³/mol. The zero-order valence-electron chi connectivity index (χ0n) is 9.39. The van der Waals surface area contributed by atoms with Crippen molar-refractivity contribution in [2.45, 2.75) is 31.2 Å². The second-order valence-electron chi connectivity index (χ2n) is 4.19. The lowest BCUT2D eigenvalue weighted by molar-refractivity contribution is -0.140. The summed E-state index contributed by atoms with van der Waals surface area (Å²) in [6.45, 7) is 0.639. The topological polar surface area (TPSA) is 102 Å². The molecule has 0 saturated carbocycles. The predicted octanol–water partition coefficient (Wildman–Crippen LogP) is -1.50. The van der Waals surface area contributed by atoms with Crippen molar-refractivity contribution in [3.05, 3.63) is 0 Å². The van der Waals surface area contributed by atoms with Crippen LogP contribution in [-0.4, -0.2) is 53.9 Å². The van der Waals surface area contributed by atoms with Crippen LogP contribution in [0.4, 0.5) is 0 Å². The molecule has 0 amide bonds. The highest BCUT2D eigenvalue weighted by Crippen LogP contribution is 2.23. The molecule has 1 heterocycles. The number of carbonyl (C=O) groups is 1. The van der Waals surface area contributed by atoms with E-state index >= 15 is 0 Å². The summed E-state index contributed by atoms with van der Waals surface area (Å²) in [5, 5.41) is 32.5. The molecule has 0 aromatic rings. The first-order chi connectivity index (χ1) is 7.56. The van der Waals surface area contributed by atoms with E-state index in [1.54, 1.807) is 0 Å². The van der Waals surface area contributed by atoms with E-state index in [0.29, 0.717) is 25.7 Å². The molecule has 6 nitrogen and oxygen atoms in total. The SMILES string of the molecule is CN[C@H]1CN[C@H](C(=O)O)[C@@H]1CCCB(O)O. The summed E-state index contributed by atoms with van der Waals surface area (Å²) >= 11 is 0. The number of hydrogen-bond donors (Lipinski definition) is 5. The van der Waals surface area contributed by atoms with E-state index in [2.05, 4.69) is 10.6 Å². The molecule has 0 unspecified atom stereocenters. The molecule has 0 radical (unpaired) electrons. The molecule has 0 aromatic carbocycles. The lowest BCUT2D eigenvalue weighted by Gasteiger charge is -2.21. The molecule has 1 fully saturated rings. The highest BCUT2D eigenvalue weighted by molar-refractivity contribution is 6.40. The summed E-state index contributed by atoms with van der Waals surface area (Å²) in [5.41, 5.74) is 0. The lowest BCUT2D eigenvalue weighted by atomic mass is 9.80. The van der Waals surface area contributed by atoms with Crippen molar-refractivity contribution < 1.29 is 19.9 Å². The number of likely N-dealkylation sites (N-methyl/N-ethyl adjacent to an activating group) is 1. The average Bonchev–Trinajstić information content (AvgIpc) is 2.60. The van der Waals surface area contributed by atoms with Crippen LogP contribution in [0, 0.1) is 5.92 Å². The minimum absolute atomic E-state index is 0.00116. The zero-order chi connectivity index (χ0) is 12.1. The third-order valence-electron chi connectivity index (χ3n) is 3.14. The second kappa shape index (κ2) is 6.19. The van der Waals surface area contributed by atoms with Crippen LogP contribution in [0.3, 0.4) is 0 Å². The molecular weight excluding hydrogens is 211 g/mol. The van der Waals surface area contributed by atoms with Crippen molar-refractivity contribution in [3.8, 4) is 0 Å². The Labute approximate surface area is 95.2 Å². The van der Waals surface area contributed by atoms with E-state index < -0.39 is 19.1 Å². The van der Waals surface area contributed by atoms with Gasteiger partial charge in [-0.3, -0.25) is 4.79 Å². The molecule has 0 spiro atoms. The number of nitrogens with one attached hydrogen (secondary N) is 2. The van der Waals surface area contributed by atoms with Crippen LogP contribution < -0.4 is 10.6 Å². The van der Waals surface area contributed by atoms with Crippen LogP contribution in [0.1, 0.15) is 12.8 Å². The van der Waals surface area contributed by atoms with E-state index in [1.807, 2.05) is 7.05 Å². The van der Waals surface area contributed by atoms with Crippen molar-refractivity contribution in [1.29, 1.82) is 0 Å². The Hall–Kier alpha value is -0.625. The van der Waals surface area contributed by atoms with Crippen molar-refractivity contribution in [2.24, 2.45) is 5.92 Å². The fourth-order valence-electron chi connectivity index (χ4n) is 2.28. The Morgan fingerprint density at radius 3 is 2.75 bits per heavy atom. The van der Waals surface area contributed by atoms with Crippen LogP contribution in [0.2, 0.25) is 6.32 Å². The molecule has 1 rings (SSSR count). The fourth-order valence-corrected chi connectivity index (χ4v) is 2.28. The van der Waals surface area contributed by atoms with Crippen LogP contribution in [-0.2, 0) is 4.79 Å². The number of carboxylic acids is 1. The molecule has 16 heavy (non-hydrogen) atoms. The molecule has 92 valence electrons. The van der Waals surface area contributed by atoms with Crippen molar-refractivity contribution in [3.63, 3.8) is 0 Å². The van der Waals surface area contributed by atoms with Crippen molar-refractivity contribution in [2.75, 3.05) is 13.6 Å². The van der Waals surface area contributed by atoms with Gasteiger partial charge in [-0.15, -0.1) is 0 Å². The Morgan fingerprint density at radius 1 is 1.56 bits per heavy atom. The number of hydrogen-bond acceptors (Lipinski definition) is 5.